The van der Waals surface area contributed by atoms with E-state index >= 15 is 0 Å². The molecule has 2 unspecified atom stereocenters. The van der Waals surface area contributed by atoms with Crippen LogP contribution in [0.5, 0.6) is 0 Å². The molecule has 0 saturated heterocycles. The Labute approximate surface area is 98.7 Å². The van der Waals surface area contributed by atoms with E-state index < -0.39 is 0 Å². The van der Waals surface area contributed by atoms with E-state index in [1.807, 2.05) is 0 Å². The van der Waals surface area contributed by atoms with Gasteiger partial charge in [-0.1, -0.05) is 24.6 Å². The predicted molar refractivity (Wildman–Crippen MR) is 68.8 cm³/mol. The highest BCUT2D eigenvalue weighted by molar-refractivity contribution is 6.20. The maximum Gasteiger partial charge on any atom is 0.0336 e. The van der Waals surface area contributed by atoms with Gasteiger partial charge in [0.2, 0.25) is 0 Å². The number of rotatable bonds is 3. The first-order valence-corrected chi connectivity index (χ1v) is 6.06. The van der Waals surface area contributed by atoms with Crippen LogP contribution in [0.2, 0.25) is 0 Å². The van der Waals surface area contributed by atoms with Crippen molar-refractivity contribution < 1.29 is 0 Å². The molecule has 0 heterocycles. The van der Waals surface area contributed by atoms with E-state index in [2.05, 4.69) is 46.8 Å². The Morgan fingerprint density at radius 3 is 1.93 bits per heavy atom. The van der Waals surface area contributed by atoms with Crippen LogP contribution in [0.25, 0.3) is 0 Å². The standard InChI is InChI=1S/C14H21Cl/c1-9-6-11(3)14(12(4)7-9)8-10(2)13(5)15/h6-7,10,13H,8H2,1-5H3. The van der Waals surface area contributed by atoms with E-state index in [1.54, 1.807) is 0 Å². The summed E-state index contributed by atoms with van der Waals surface area (Å²) in [5.74, 6) is 0.534. The van der Waals surface area contributed by atoms with E-state index in [9.17, 15) is 0 Å². The molecule has 0 N–H and O–H groups in total. The Hall–Kier alpha value is -0.490. The van der Waals surface area contributed by atoms with Crippen LogP contribution in [0.15, 0.2) is 12.1 Å². The van der Waals surface area contributed by atoms with Crippen LogP contribution < -0.4 is 0 Å². The first-order valence-electron chi connectivity index (χ1n) is 5.62. The van der Waals surface area contributed by atoms with E-state index in [0.717, 1.165) is 6.42 Å². The van der Waals surface area contributed by atoms with Crippen molar-refractivity contribution in [2.45, 2.75) is 46.4 Å². The molecule has 1 heteroatoms. The topological polar surface area (TPSA) is 0 Å². The molecule has 84 valence electrons. The van der Waals surface area contributed by atoms with Crippen molar-refractivity contribution in [1.82, 2.24) is 0 Å². The molecule has 0 aromatic heterocycles. The lowest BCUT2D eigenvalue weighted by Gasteiger charge is -2.18. The van der Waals surface area contributed by atoms with Crippen molar-refractivity contribution >= 4 is 11.6 Å². The van der Waals surface area contributed by atoms with E-state index in [4.69, 9.17) is 11.6 Å². The summed E-state index contributed by atoms with van der Waals surface area (Å²) in [7, 11) is 0. The maximum absolute atomic E-state index is 6.11. The fourth-order valence-corrected chi connectivity index (χ4v) is 2.11. The van der Waals surface area contributed by atoms with Crippen LogP contribution in [-0.4, -0.2) is 5.38 Å². The van der Waals surface area contributed by atoms with Crippen LogP contribution in [-0.2, 0) is 6.42 Å². The molecule has 1 rings (SSSR count). The van der Waals surface area contributed by atoms with Gasteiger partial charge >= 0.3 is 0 Å². The van der Waals surface area contributed by atoms with Crippen molar-refractivity contribution in [2.24, 2.45) is 5.92 Å². The van der Waals surface area contributed by atoms with Crippen LogP contribution in [0.1, 0.15) is 36.1 Å². The van der Waals surface area contributed by atoms with E-state index in [-0.39, 0.29) is 5.38 Å². The van der Waals surface area contributed by atoms with Gasteiger partial charge in [-0.15, -0.1) is 11.6 Å². The number of hydrogen-bond donors (Lipinski definition) is 0. The zero-order chi connectivity index (χ0) is 11.6. The second kappa shape index (κ2) is 5.03. The lowest BCUT2D eigenvalue weighted by molar-refractivity contribution is 0.565. The van der Waals surface area contributed by atoms with Gasteiger partial charge in [0.15, 0.2) is 0 Å². The Kier molecular flexibility index (Phi) is 4.21. The molecule has 2 atom stereocenters. The quantitative estimate of drug-likeness (QED) is 0.667. The van der Waals surface area contributed by atoms with Crippen LogP contribution in [0.4, 0.5) is 0 Å². The van der Waals surface area contributed by atoms with Gasteiger partial charge in [-0.05, 0) is 56.7 Å². The lowest BCUT2D eigenvalue weighted by atomic mass is 9.91. The molecule has 0 fully saturated rings. The maximum atomic E-state index is 6.11. The van der Waals surface area contributed by atoms with Gasteiger partial charge < -0.3 is 0 Å². The average molecular weight is 225 g/mol. The second-order valence-corrected chi connectivity index (χ2v) is 5.42. The first-order chi connectivity index (χ1) is 6.91. The number of benzene rings is 1. The van der Waals surface area contributed by atoms with Gasteiger partial charge in [0.1, 0.15) is 0 Å². The third-order valence-electron chi connectivity index (χ3n) is 3.15. The molecule has 0 aliphatic rings. The zero-order valence-corrected chi connectivity index (χ0v) is 11.2. The fourth-order valence-electron chi connectivity index (χ4n) is 2.02. The molecule has 15 heavy (non-hydrogen) atoms. The third-order valence-corrected chi connectivity index (χ3v) is 3.58. The van der Waals surface area contributed by atoms with Gasteiger partial charge in [0.05, 0.1) is 0 Å². The Bertz CT molecular complexity index is 316. The van der Waals surface area contributed by atoms with Gasteiger partial charge in [-0.3, -0.25) is 0 Å². The molecule has 1 aromatic carbocycles. The molecule has 0 aliphatic carbocycles. The predicted octanol–water partition coefficient (Wildman–Crippen LogP) is 4.42. The number of halogens is 1. The molecule has 0 bridgehead atoms. The average Bonchev–Trinajstić information content (AvgIpc) is 2.10. The van der Waals surface area contributed by atoms with E-state index in [0.29, 0.717) is 5.92 Å². The summed E-state index contributed by atoms with van der Waals surface area (Å²) < 4.78 is 0. The van der Waals surface area contributed by atoms with Gasteiger partial charge in [-0.2, -0.15) is 0 Å². The van der Waals surface area contributed by atoms with Crippen molar-refractivity contribution in [3.63, 3.8) is 0 Å². The summed E-state index contributed by atoms with van der Waals surface area (Å²) in [6.45, 7) is 10.8. The Balaban J connectivity index is 2.95. The van der Waals surface area contributed by atoms with Gasteiger partial charge in [-0.25, -0.2) is 0 Å². The molecule has 1 aromatic rings. The molecular weight excluding hydrogens is 204 g/mol. The summed E-state index contributed by atoms with van der Waals surface area (Å²) in [6.07, 6.45) is 1.09. The first kappa shape index (κ1) is 12.6. The molecule has 0 aliphatic heterocycles. The van der Waals surface area contributed by atoms with Crippen LogP contribution >= 0.6 is 11.6 Å². The van der Waals surface area contributed by atoms with Crippen molar-refractivity contribution in [3.05, 3.63) is 34.4 Å². The van der Waals surface area contributed by atoms with Crippen molar-refractivity contribution in [3.8, 4) is 0 Å². The number of hydrogen-bond acceptors (Lipinski definition) is 0. The Morgan fingerprint density at radius 2 is 1.53 bits per heavy atom. The molecular formula is C14H21Cl. The minimum atomic E-state index is 0.241. The molecule has 0 nitrogen and oxygen atoms in total. The summed E-state index contributed by atoms with van der Waals surface area (Å²) in [5, 5.41) is 0.241. The zero-order valence-electron chi connectivity index (χ0n) is 10.4. The fraction of sp³-hybridized carbons (Fsp3) is 0.571. The number of alkyl halides is 1. The summed E-state index contributed by atoms with van der Waals surface area (Å²) >= 11 is 6.11. The smallest absolute Gasteiger partial charge is 0.0336 e. The summed E-state index contributed by atoms with van der Waals surface area (Å²) in [6, 6.07) is 4.52. The molecule has 0 saturated carbocycles. The molecule has 0 radical (unpaired) electrons. The Morgan fingerprint density at radius 1 is 1.07 bits per heavy atom. The van der Waals surface area contributed by atoms with Crippen molar-refractivity contribution in [2.75, 3.05) is 0 Å². The van der Waals surface area contributed by atoms with Crippen LogP contribution in [0.3, 0.4) is 0 Å². The highest BCUT2D eigenvalue weighted by atomic mass is 35.5. The van der Waals surface area contributed by atoms with Crippen molar-refractivity contribution in [1.29, 1.82) is 0 Å². The minimum absolute atomic E-state index is 0.241. The molecule has 0 spiro atoms. The normalized spacial score (nSPS) is 15.1. The van der Waals surface area contributed by atoms with Gasteiger partial charge in [0, 0.05) is 5.38 Å². The van der Waals surface area contributed by atoms with E-state index in [1.165, 1.54) is 22.3 Å². The van der Waals surface area contributed by atoms with Crippen LogP contribution in [0, 0.1) is 26.7 Å². The minimum Gasteiger partial charge on any atom is -0.123 e. The monoisotopic (exact) mass is 224 g/mol. The van der Waals surface area contributed by atoms with Gasteiger partial charge in [0.25, 0.3) is 0 Å². The SMILES string of the molecule is Cc1cc(C)c(CC(C)C(C)Cl)c(C)c1. The highest BCUT2D eigenvalue weighted by Gasteiger charge is 2.13. The second-order valence-electron chi connectivity index (χ2n) is 4.74. The molecule has 0 amide bonds. The number of aryl methyl sites for hydroxylation is 3. The summed E-state index contributed by atoms with van der Waals surface area (Å²) in [5.41, 5.74) is 5.62. The summed E-state index contributed by atoms with van der Waals surface area (Å²) in [4.78, 5) is 0. The lowest BCUT2D eigenvalue weighted by Crippen LogP contribution is -2.12. The largest absolute Gasteiger partial charge is 0.123 e. The highest BCUT2D eigenvalue weighted by Crippen LogP contribution is 2.22. The third kappa shape index (κ3) is 3.24.